The Bertz CT molecular complexity index is 426. The van der Waals surface area contributed by atoms with Crippen molar-refractivity contribution in [2.45, 2.75) is 25.5 Å². The second-order valence-corrected chi connectivity index (χ2v) is 7.01. The van der Waals surface area contributed by atoms with Crippen LogP contribution >= 0.6 is 11.3 Å². The number of likely N-dealkylation sites (N-methyl/N-ethyl adjacent to an activating group) is 1. The van der Waals surface area contributed by atoms with Crippen molar-refractivity contribution in [1.29, 1.82) is 0 Å². The number of hydrogen-bond donors (Lipinski definition) is 1. The maximum absolute atomic E-state index is 11.4. The van der Waals surface area contributed by atoms with Gasteiger partial charge in [-0.3, -0.25) is 0 Å². The third-order valence-electron chi connectivity index (χ3n) is 2.37. The third kappa shape index (κ3) is 3.84. The topological polar surface area (TPSA) is 59.1 Å². The number of nitrogens with zero attached hydrogens (tertiary/aromatic N) is 1. The fourth-order valence-electron chi connectivity index (χ4n) is 1.20. The monoisotopic (exact) mass is 262 g/mol. The molecule has 16 heavy (non-hydrogen) atoms. The Labute approximate surface area is 101 Å². The van der Waals surface area contributed by atoms with E-state index in [1.165, 1.54) is 17.6 Å². The average Bonchev–Trinajstić information content (AvgIpc) is 2.64. The van der Waals surface area contributed by atoms with Crippen molar-refractivity contribution >= 4 is 21.2 Å². The smallest absolute Gasteiger partial charge is 0.156 e. The lowest BCUT2D eigenvalue weighted by Gasteiger charge is -2.04. The van der Waals surface area contributed by atoms with Crippen LogP contribution in [0.15, 0.2) is 5.38 Å². The third-order valence-corrected chi connectivity index (χ3v) is 5.10. The van der Waals surface area contributed by atoms with E-state index >= 15 is 0 Å². The van der Waals surface area contributed by atoms with Crippen molar-refractivity contribution in [3.63, 3.8) is 0 Å². The Balaban J connectivity index is 2.64. The molecule has 1 unspecified atom stereocenters. The molecule has 1 atom stereocenters. The number of rotatable bonds is 6. The van der Waals surface area contributed by atoms with Crippen LogP contribution < -0.4 is 5.32 Å². The molecule has 0 aliphatic rings. The molecule has 1 rings (SSSR count). The first-order valence-electron chi connectivity index (χ1n) is 5.29. The predicted octanol–water partition coefficient (Wildman–Crippen LogP) is 1.40. The van der Waals surface area contributed by atoms with Crippen molar-refractivity contribution in [3.8, 4) is 0 Å². The maximum atomic E-state index is 11.4. The zero-order valence-electron chi connectivity index (χ0n) is 9.86. The molecular formula is C10H18N2O2S2. The lowest BCUT2D eigenvalue weighted by atomic mass is 10.3. The van der Waals surface area contributed by atoms with Crippen LogP contribution in [0.4, 0.5) is 0 Å². The summed E-state index contributed by atoms with van der Waals surface area (Å²) in [5, 5.41) is 5.34. The highest BCUT2D eigenvalue weighted by molar-refractivity contribution is 7.91. The fraction of sp³-hybridized carbons (Fsp3) is 0.700. The summed E-state index contributed by atoms with van der Waals surface area (Å²) in [4.78, 5) is 4.35. The van der Waals surface area contributed by atoms with Gasteiger partial charge in [0.25, 0.3) is 0 Å². The highest BCUT2D eigenvalue weighted by Gasteiger charge is 2.20. The molecule has 0 bridgehead atoms. The Kier molecular flexibility index (Phi) is 4.89. The molecule has 0 saturated carbocycles. The molecule has 0 radical (unpaired) electrons. The first-order valence-corrected chi connectivity index (χ1v) is 8.12. The van der Waals surface area contributed by atoms with Gasteiger partial charge in [0.1, 0.15) is 10.3 Å². The Morgan fingerprint density at radius 1 is 1.56 bits per heavy atom. The number of thiazole rings is 1. The summed E-state index contributed by atoms with van der Waals surface area (Å²) in [5.74, 6) is 0. The van der Waals surface area contributed by atoms with E-state index in [0.717, 1.165) is 25.2 Å². The van der Waals surface area contributed by atoms with Crippen molar-refractivity contribution < 1.29 is 8.42 Å². The number of hydrogen-bond acceptors (Lipinski definition) is 5. The van der Waals surface area contributed by atoms with Gasteiger partial charge in [0.05, 0.1) is 5.69 Å². The summed E-state index contributed by atoms with van der Waals surface area (Å²) in [6.07, 6.45) is 2.10. The molecule has 6 heteroatoms. The van der Waals surface area contributed by atoms with Crippen LogP contribution in [0.25, 0.3) is 0 Å². The van der Waals surface area contributed by atoms with E-state index in [9.17, 15) is 8.42 Å². The van der Waals surface area contributed by atoms with Crippen LogP contribution in [-0.4, -0.2) is 32.7 Å². The Hall–Kier alpha value is -0.460. The summed E-state index contributed by atoms with van der Waals surface area (Å²) in [5.41, 5.74) is 0.969. The largest absolute Gasteiger partial charge is 0.317 e. The van der Waals surface area contributed by atoms with Gasteiger partial charge in [-0.15, -0.1) is 11.3 Å². The van der Waals surface area contributed by atoms with Gasteiger partial charge in [0.2, 0.25) is 0 Å². The van der Waals surface area contributed by atoms with Gasteiger partial charge >= 0.3 is 0 Å². The van der Waals surface area contributed by atoms with Crippen molar-refractivity contribution in [3.05, 3.63) is 16.1 Å². The van der Waals surface area contributed by atoms with E-state index in [1.807, 2.05) is 5.38 Å². The molecule has 0 aliphatic heterocycles. The van der Waals surface area contributed by atoms with Gasteiger partial charge in [-0.2, -0.15) is 0 Å². The van der Waals surface area contributed by atoms with Crippen LogP contribution in [0.2, 0.25) is 0 Å². The second-order valence-electron chi connectivity index (χ2n) is 3.75. The van der Waals surface area contributed by atoms with Crippen LogP contribution in [0.1, 0.15) is 29.8 Å². The van der Waals surface area contributed by atoms with Gasteiger partial charge < -0.3 is 5.32 Å². The van der Waals surface area contributed by atoms with E-state index in [-0.39, 0.29) is 0 Å². The van der Waals surface area contributed by atoms with E-state index in [0.29, 0.717) is 5.01 Å². The lowest BCUT2D eigenvalue weighted by Crippen LogP contribution is -2.16. The number of nitrogens with one attached hydrogen (secondary N) is 1. The summed E-state index contributed by atoms with van der Waals surface area (Å²) < 4.78 is 22.7. The lowest BCUT2D eigenvalue weighted by molar-refractivity contribution is 0.592. The van der Waals surface area contributed by atoms with E-state index in [2.05, 4.69) is 17.2 Å². The highest BCUT2D eigenvalue weighted by Crippen LogP contribution is 2.24. The Morgan fingerprint density at radius 2 is 2.25 bits per heavy atom. The molecule has 0 aromatic carbocycles. The predicted molar refractivity (Wildman–Crippen MR) is 67.6 cm³/mol. The summed E-state index contributed by atoms with van der Waals surface area (Å²) in [6.45, 7) is 5.56. The van der Waals surface area contributed by atoms with Crippen LogP contribution in [-0.2, 0) is 16.3 Å². The van der Waals surface area contributed by atoms with Crippen LogP contribution in [0, 0.1) is 0 Å². The minimum atomic E-state index is -3.04. The molecule has 0 saturated heterocycles. The molecule has 0 amide bonds. The fourth-order valence-corrected chi connectivity index (χ4v) is 3.10. The average molecular weight is 262 g/mol. The maximum Gasteiger partial charge on any atom is 0.156 e. The first-order chi connectivity index (χ1) is 7.45. The first kappa shape index (κ1) is 13.6. The van der Waals surface area contributed by atoms with Gasteiger partial charge in [0, 0.05) is 24.6 Å². The summed E-state index contributed by atoms with van der Waals surface area (Å²) in [6, 6.07) is 0. The normalized spacial score (nSPS) is 13.9. The van der Waals surface area contributed by atoms with E-state index in [4.69, 9.17) is 0 Å². The van der Waals surface area contributed by atoms with Crippen LogP contribution in [0.3, 0.4) is 0 Å². The van der Waals surface area contributed by atoms with Crippen molar-refractivity contribution in [2.24, 2.45) is 0 Å². The van der Waals surface area contributed by atoms with Gasteiger partial charge in [-0.05, 0) is 13.5 Å². The molecule has 0 fully saturated rings. The second kappa shape index (κ2) is 5.75. The van der Waals surface area contributed by atoms with E-state index in [1.54, 1.807) is 6.92 Å². The van der Waals surface area contributed by atoms with Gasteiger partial charge in [0.15, 0.2) is 9.84 Å². The summed E-state index contributed by atoms with van der Waals surface area (Å²) in [7, 11) is -3.04. The number of aromatic nitrogens is 1. The standard InChI is InChI=1S/C10H18N2O2S2/c1-4-11-6-5-9-7-15-10(12-9)8(2)16(3,13)14/h7-8,11H,4-6H2,1-3H3. The molecule has 0 spiro atoms. The molecule has 1 N–H and O–H groups in total. The zero-order valence-corrected chi connectivity index (χ0v) is 11.5. The van der Waals surface area contributed by atoms with Crippen molar-refractivity contribution in [2.75, 3.05) is 19.3 Å². The van der Waals surface area contributed by atoms with Gasteiger partial charge in [-0.1, -0.05) is 6.92 Å². The van der Waals surface area contributed by atoms with Gasteiger partial charge in [-0.25, -0.2) is 13.4 Å². The highest BCUT2D eigenvalue weighted by atomic mass is 32.2. The van der Waals surface area contributed by atoms with E-state index < -0.39 is 15.1 Å². The quantitative estimate of drug-likeness (QED) is 0.787. The van der Waals surface area contributed by atoms with Crippen molar-refractivity contribution in [1.82, 2.24) is 10.3 Å². The minimum Gasteiger partial charge on any atom is -0.317 e. The molecular weight excluding hydrogens is 244 g/mol. The molecule has 92 valence electrons. The molecule has 4 nitrogen and oxygen atoms in total. The molecule has 0 aliphatic carbocycles. The molecule has 1 heterocycles. The zero-order chi connectivity index (χ0) is 12.2. The summed E-state index contributed by atoms with van der Waals surface area (Å²) >= 11 is 1.42. The molecule has 1 aromatic rings. The number of sulfone groups is 1. The minimum absolute atomic E-state index is 0.495. The Morgan fingerprint density at radius 3 is 2.81 bits per heavy atom. The molecule has 1 aromatic heterocycles. The van der Waals surface area contributed by atoms with Crippen LogP contribution in [0.5, 0.6) is 0 Å². The SMILES string of the molecule is CCNCCc1csc(C(C)S(C)(=O)=O)n1.